The van der Waals surface area contributed by atoms with Gasteiger partial charge >= 0.3 is 0 Å². The van der Waals surface area contributed by atoms with Gasteiger partial charge in [-0.2, -0.15) is 0 Å². The topological polar surface area (TPSA) is 20.2 Å². The standard InChI is InChI=1S/C10H11BrOS/c1-2-3-4-5-8(12)9-6-7-10(11)13-9/h1,6-8,12H,3-5H2. The van der Waals surface area contributed by atoms with Gasteiger partial charge in [-0.25, -0.2) is 0 Å². The molecule has 0 fully saturated rings. The average Bonchev–Trinajstić information content (AvgIpc) is 2.52. The van der Waals surface area contributed by atoms with E-state index in [0.29, 0.717) is 0 Å². The summed E-state index contributed by atoms with van der Waals surface area (Å²) in [6, 6.07) is 3.89. The van der Waals surface area contributed by atoms with E-state index in [0.717, 1.165) is 27.9 Å². The van der Waals surface area contributed by atoms with E-state index in [9.17, 15) is 5.11 Å². The molecule has 1 N–H and O–H groups in total. The van der Waals surface area contributed by atoms with Gasteiger partial charge in [0.05, 0.1) is 9.89 Å². The molecule has 0 bridgehead atoms. The minimum atomic E-state index is -0.357. The van der Waals surface area contributed by atoms with Gasteiger partial charge in [0.15, 0.2) is 0 Å². The number of hydrogen-bond donors (Lipinski definition) is 1. The summed E-state index contributed by atoms with van der Waals surface area (Å²) in [7, 11) is 0. The Hall–Kier alpha value is -0.300. The molecule has 13 heavy (non-hydrogen) atoms. The van der Waals surface area contributed by atoms with Crippen LogP contribution in [0.3, 0.4) is 0 Å². The average molecular weight is 259 g/mol. The summed E-state index contributed by atoms with van der Waals surface area (Å²) in [4.78, 5) is 1.00. The molecule has 0 saturated heterocycles. The van der Waals surface area contributed by atoms with Gasteiger partial charge in [-0.1, -0.05) is 0 Å². The fraction of sp³-hybridized carbons (Fsp3) is 0.400. The largest absolute Gasteiger partial charge is 0.388 e. The van der Waals surface area contributed by atoms with Gasteiger partial charge in [-0.05, 0) is 40.9 Å². The summed E-state index contributed by atoms with van der Waals surface area (Å²) in [5, 5.41) is 9.68. The predicted molar refractivity (Wildman–Crippen MR) is 59.7 cm³/mol. The summed E-state index contributed by atoms with van der Waals surface area (Å²) in [5.41, 5.74) is 0. The van der Waals surface area contributed by atoms with Crippen molar-refractivity contribution in [2.45, 2.75) is 25.4 Å². The first-order valence-electron chi connectivity index (χ1n) is 4.11. The highest BCUT2D eigenvalue weighted by atomic mass is 79.9. The van der Waals surface area contributed by atoms with Crippen LogP contribution in [0.25, 0.3) is 0 Å². The molecule has 0 amide bonds. The van der Waals surface area contributed by atoms with E-state index in [4.69, 9.17) is 6.42 Å². The Morgan fingerprint density at radius 1 is 1.62 bits per heavy atom. The molecule has 0 radical (unpaired) electrons. The lowest BCUT2D eigenvalue weighted by molar-refractivity contribution is 0.169. The van der Waals surface area contributed by atoms with Crippen molar-refractivity contribution in [3.05, 3.63) is 20.8 Å². The van der Waals surface area contributed by atoms with Crippen LogP contribution in [0.5, 0.6) is 0 Å². The molecule has 0 aromatic carbocycles. The van der Waals surface area contributed by atoms with Gasteiger partial charge in [0, 0.05) is 11.3 Å². The normalized spacial score (nSPS) is 12.4. The second-order valence-electron chi connectivity index (χ2n) is 2.75. The Kier molecular flexibility index (Phi) is 4.51. The first kappa shape index (κ1) is 10.8. The molecule has 1 rings (SSSR count). The molecule has 1 unspecified atom stereocenters. The first-order chi connectivity index (χ1) is 6.24. The van der Waals surface area contributed by atoms with E-state index in [-0.39, 0.29) is 6.10 Å². The Morgan fingerprint density at radius 2 is 2.38 bits per heavy atom. The van der Waals surface area contributed by atoms with E-state index in [1.54, 1.807) is 11.3 Å². The molecule has 0 aliphatic rings. The van der Waals surface area contributed by atoms with E-state index in [1.807, 2.05) is 12.1 Å². The lowest BCUT2D eigenvalue weighted by atomic mass is 10.1. The van der Waals surface area contributed by atoms with Crippen LogP contribution < -0.4 is 0 Å². The van der Waals surface area contributed by atoms with E-state index in [1.165, 1.54) is 0 Å². The fourth-order valence-electron chi connectivity index (χ4n) is 1.05. The Labute approximate surface area is 90.9 Å². The molecule has 0 spiro atoms. The number of thiophene rings is 1. The van der Waals surface area contributed by atoms with Crippen molar-refractivity contribution in [3.8, 4) is 12.3 Å². The number of halogens is 1. The van der Waals surface area contributed by atoms with Crippen LogP contribution in [-0.4, -0.2) is 5.11 Å². The Bertz CT molecular complexity index is 300. The molecule has 0 aliphatic carbocycles. The van der Waals surface area contributed by atoms with Crippen molar-refractivity contribution in [1.82, 2.24) is 0 Å². The zero-order valence-corrected chi connectivity index (χ0v) is 9.57. The molecule has 1 aromatic rings. The molecule has 1 atom stereocenters. The molecule has 70 valence electrons. The highest BCUT2D eigenvalue weighted by Crippen LogP contribution is 2.29. The third-order valence-electron chi connectivity index (χ3n) is 1.72. The highest BCUT2D eigenvalue weighted by molar-refractivity contribution is 9.11. The number of aliphatic hydroxyl groups is 1. The molecule has 1 aromatic heterocycles. The van der Waals surface area contributed by atoms with E-state index >= 15 is 0 Å². The Balaban J connectivity index is 2.40. The summed E-state index contributed by atoms with van der Waals surface area (Å²) >= 11 is 4.93. The molecular weight excluding hydrogens is 248 g/mol. The molecule has 1 heterocycles. The SMILES string of the molecule is C#CCCCC(O)c1ccc(Br)s1. The minimum absolute atomic E-state index is 0.357. The van der Waals surface area contributed by atoms with Crippen molar-refractivity contribution in [2.24, 2.45) is 0 Å². The second-order valence-corrected chi connectivity index (χ2v) is 5.25. The van der Waals surface area contributed by atoms with Crippen molar-refractivity contribution in [3.63, 3.8) is 0 Å². The van der Waals surface area contributed by atoms with E-state index in [2.05, 4.69) is 21.9 Å². The van der Waals surface area contributed by atoms with Crippen molar-refractivity contribution < 1.29 is 5.11 Å². The van der Waals surface area contributed by atoms with Gasteiger partial charge in [0.1, 0.15) is 0 Å². The fourth-order valence-corrected chi connectivity index (χ4v) is 2.49. The molecule has 0 saturated carbocycles. The van der Waals surface area contributed by atoms with Crippen LogP contribution in [0.2, 0.25) is 0 Å². The molecule has 0 aliphatic heterocycles. The summed E-state index contributed by atoms with van der Waals surface area (Å²) in [5.74, 6) is 2.56. The first-order valence-corrected chi connectivity index (χ1v) is 5.71. The minimum Gasteiger partial charge on any atom is -0.388 e. The third kappa shape index (κ3) is 3.51. The predicted octanol–water partition coefficient (Wildman–Crippen LogP) is 3.35. The lowest BCUT2D eigenvalue weighted by Gasteiger charge is -2.05. The van der Waals surface area contributed by atoms with Gasteiger partial charge in [0.25, 0.3) is 0 Å². The van der Waals surface area contributed by atoms with Crippen LogP contribution in [-0.2, 0) is 0 Å². The zero-order chi connectivity index (χ0) is 9.68. The lowest BCUT2D eigenvalue weighted by Crippen LogP contribution is -1.93. The molecule has 3 heteroatoms. The molecular formula is C10H11BrOS. The maximum atomic E-state index is 9.68. The number of unbranched alkanes of at least 4 members (excludes halogenated alkanes) is 1. The Morgan fingerprint density at radius 3 is 2.92 bits per heavy atom. The molecule has 1 nitrogen and oxygen atoms in total. The van der Waals surface area contributed by atoms with Crippen molar-refractivity contribution >= 4 is 27.3 Å². The summed E-state index contributed by atoms with van der Waals surface area (Å²) < 4.78 is 1.05. The van der Waals surface area contributed by atoms with Crippen molar-refractivity contribution in [1.29, 1.82) is 0 Å². The highest BCUT2D eigenvalue weighted by Gasteiger charge is 2.08. The number of rotatable bonds is 4. The van der Waals surface area contributed by atoms with Crippen LogP contribution in [0.4, 0.5) is 0 Å². The number of hydrogen-bond acceptors (Lipinski definition) is 2. The van der Waals surface area contributed by atoms with Crippen LogP contribution in [0, 0.1) is 12.3 Å². The second kappa shape index (κ2) is 5.43. The number of terminal acetylenes is 1. The van der Waals surface area contributed by atoms with Crippen LogP contribution in [0.1, 0.15) is 30.2 Å². The van der Waals surface area contributed by atoms with Gasteiger partial charge in [-0.3, -0.25) is 0 Å². The monoisotopic (exact) mass is 258 g/mol. The van der Waals surface area contributed by atoms with Gasteiger partial charge in [0.2, 0.25) is 0 Å². The van der Waals surface area contributed by atoms with Crippen LogP contribution >= 0.6 is 27.3 Å². The zero-order valence-electron chi connectivity index (χ0n) is 7.16. The van der Waals surface area contributed by atoms with Gasteiger partial charge < -0.3 is 5.11 Å². The smallest absolute Gasteiger partial charge is 0.0882 e. The quantitative estimate of drug-likeness (QED) is 0.649. The van der Waals surface area contributed by atoms with Crippen molar-refractivity contribution in [2.75, 3.05) is 0 Å². The number of aliphatic hydroxyl groups excluding tert-OH is 1. The van der Waals surface area contributed by atoms with E-state index < -0.39 is 0 Å². The maximum Gasteiger partial charge on any atom is 0.0882 e. The third-order valence-corrected chi connectivity index (χ3v) is 3.45. The van der Waals surface area contributed by atoms with Crippen LogP contribution in [0.15, 0.2) is 15.9 Å². The van der Waals surface area contributed by atoms with Gasteiger partial charge in [-0.15, -0.1) is 23.7 Å². The summed E-state index contributed by atoms with van der Waals surface area (Å²) in [6.45, 7) is 0. The maximum absolute atomic E-state index is 9.68. The summed E-state index contributed by atoms with van der Waals surface area (Å²) in [6.07, 6.45) is 7.13.